The van der Waals surface area contributed by atoms with Crippen LogP contribution in [0.4, 0.5) is 5.82 Å². The maximum absolute atomic E-state index is 5.94. The summed E-state index contributed by atoms with van der Waals surface area (Å²) in [6.45, 7) is 1.05. The number of rotatable bonds is 2. The van der Waals surface area contributed by atoms with E-state index in [-0.39, 0.29) is 0 Å². The molecule has 1 aromatic heterocycles. The zero-order chi connectivity index (χ0) is 10.8. The van der Waals surface area contributed by atoms with E-state index in [0.29, 0.717) is 11.9 Å². The second-order valence-corrected chi connectivity index (χ2v) is 5.68. The van der Waals surface area contributed by atoms with Gasteiger partial charge in [-0.25, -0.2) is 4.98 Å². The molecule has 2 nitrogen and oxygen atoms in total. The molecule has 0 aliphatic carbocycles. The maximum atomic E-state index is 5.94. The maximum Gasteiger partial charge on any atom is 0.143 e. The van der Waals surface area contributed by atoms with Crippen molar-refractivity contribution < 1.29 is 0 Å². The van der Waals surface area contributed by atoms with E-state index in [2.05, 4.69) is 41.7 Å². The minimum Gasteiger partial charge on any atom is -0.352 e. The van der Waals surface area contributed by atoms with Crippen LogP contribution in [0.2, 0.25) is 0 Å². The molecule has 0 amide bonds. The Kier molecular flexibility index (Phi) is 3.91. The minimum absolute atomic E-state index is 0.427. The number of aromatic nitrogens is 1. The van der Waals surface area contributed by atoms with Gasteiger partial charge < -0.3 is 4.90 Å². The van der Waals surface area contributed by atoms with Crippen molar-refractivity contribution in [1.82, 2.24) is 4.98 Å². The number of hydrogen-bond donors (Lipinski definition) is 0. The van der Waals surface area contributed by atoms with Gasteiger partial charge in [0.15, 0.2) is 0 Å². The average Bonchev–Trinajstić information content (AvgIpc) is 2.65. The third-order valence-electron chi connectivity index (χ3n) is 2.62. The first-order valence-electron chi connectivity index (χ1n) is 4.86. The standard InChI is InChI=1S/C10H11Br2ClN2/c11-7-4-9(12)10(14-6-7)15-3-1-2-8(15)5-13/h4,6,8H,1-3,5H2. The van der Waals surface area contributed by atoms with Crippen molar-refractivity contribution in [3.05, 3.63) is 21.2 Å². The zero-order valence-electron chi connectivity index (χ0n) is 8.09. The van der Waals surface area contributed by atoms with E-state index in [1.165, 1.54) is 6.42 Å². The van der Waals surface area contributed by atoms with Crippen molar-refractivity contribution in [2.24, 2.45) is 0 Å². The Balaban J connectivity index is 2.28. The van der Waals surface area contributed by atoms with Crippen molar-refractivity contribution in [3.8, 4) is 0 Å². The second-order valence-electron chi connectivity index (χ2n) is 3.60. The molecule has 2 heterocycles. The third kappa shape index (κ3) is 2.48. The Morgan fingerprint density at radius 3 is 3.00 bits per heavy atom. The smallest absolute Gasteiger partial charge is 0.143 e. The summed E-state index contributed by atoms with van der Waals surface area (Å²) in [5.74, 6) is 1.67. The molecule has 1 saturated heterocycles. The molecule has 1 aromatic rings. The van der Waals surface area contributed by atoms with E-state index >= 15 is 0 Å². The molecular formula is C10H11Br2ClN2. The zero-order valence-corrected chi connectivity index (χ0v) is 12.0. The van der Waals surface area contributed by atoms with Crippen LogP contribution in [0.15, 0.2) is 21.2 Å². The van der Waals surface area contributed by atoms with Gasteiger partial charge in [0.1, 0.15) is 5.82 Å². The lowest BCUT2D eigenvalue weighted by Gasteiger charge is -2.24. The van der Waals surface area contributed by atoms with Crippen LogP contribution in [-0.2, 0) is 0 Å². The van der Waals surface area contributed by atoms with Gasteiger partial charge in [0, 0.05) is 29.1 Å². The molecule has 0 bridgehead atoms. The molecule has 1 atom stereocenters. The summed E-state index contributed by atoms with van der Waals surface area (Å²) in [5, 5.41) is 0. The van der Waals surface area contributed by atoms with Gasteiger partial charge in [0.25, 0.3) is 0 Å². The van der Waals surface area contributed by atoms with Gasteiger partial charge in [-0.05, 0) is 50.8 Å². The third-order valence-corrected chi connectivity index (χ3v) is 3.99. The molecule has 1 aliphatic rings. The quantitative estimate of drug-likeness (QED) is 0.751. The van der Waals surface area contributed by atoms with Crippen molar-refractivity contribution in [2.75, 3.05) is 17.3 Å². The topological polar surface area (TPSA) is 16.1 Å². The fraction of sp³-hybridized carbons (Fsp3) is 0.500. The van der Waals surface area contributed by atoms with E-state index in [1.54, 1.807) is 0 Å². The fourth-order valence-electron chi connectivity index (χ4n) is 1.89. The summed E-state index contributed by atoms with van der Waals surface area (Å²) in [6.07, 6.45) is 4.18. The van der Waals surface area contributed by atoms with Gasteiger partial charge in [-0.3, -0.25) is 0 Å². The van der Waals surface area contributed by atoms with Gasteiger partial charge in [-0.1, -0.05) is 0 Å². The van der Waals surface area contributed by atoms with Gasteiger partial charge in [-0.2, -0.15) is 0 Å². The summed E-state index contributed by atoms with van der Waals surface area (Å²) in [7, 11) is 0. The fourth-order valence-corrected chi connectivity index (χ4v) is 3.43. The Labute approximate surface area is 111 Å². The normalized spacial score (nSPS) is 21.0. The number of hydrogen-bond acceptors (Lipinski definition) is 2. The molecule has 0 N–H and O–H groups in total. The molecule has 15 heavy (non-hydrogen) atoms. The molecule has 5 heteroatoms. The number of halogens is 3. The van der Waals surface area contributed by atoms with Gasteiger partial charge >= 0.3 is 0 Å². The van der Waals surface area contributed by atoms with Crippen LogP contribution in [0.5, 0.6) is 0 Å². The molecule has 0 aromatic carbocycles. The molecule has 1 aliphatic heterocycles. The van der Waals surface area contributed by atoms with Gasteiger partial charge in [-0.15, -0.1) is 11.6 Å². The van der Waals surface area contributed by atoms with Crippen molar-refractivity contribution in [2.45, 2.75) is 18.9 Å². The SMILES string of the molecule is ClCC1CCCN1c1ncc(Br)cc1Br. The van der Waals surface area contributed by atoms with Crippen LogP contribution >= 0.6 is 43.5 Å². The summed E-state index contributed by atoms with van der Waals surface area (Å²) in [5.41, 5.74) is 0. The molecule has 0 saturated carbocycles. The van der Waals surface area contributed by atoms with Crippen molar-refractivity contribution in [1.29, 1.82) is 0 Å². The number of pyridine rings is 1. The van der Waals surface area contributed by atoms with Crippen LogP contribution in [0, 0.1) is 0 Å². The van der Waals surface area contributed by atoms with Crippen LogP contribution in [0.3, 0.4) is 0 Å². The number of anilines is 1. The van der Waals surface area contributed by atoms with Crippen LogP contribution in [0.1, 0.15) is 12.8 Å². The summed E-state index contributed by atoms with van der Waals surface area (Å²) < 4.78 is 2.01. The summed E-state index contributed by atoms with van der Waals surface area (Å²) in [6, 6.07) is 2.45. The highest BCUT2D eigenvalue weighted by Gasteiger charge is 2.26. The van der Waals surface area contributed by atoms with Gasteiger partial charge in [0.2, 0.25) is 0 Å². The molecule has 1 fully saturated rings. The monoisotopic (exact) mass is 352 g/mol. The molecule has 1 unspecified atom stereocenters. The summed E-state index contributed by atoms with van der Waals surface area (Å²) in [4.78, 5) is 6.71. The van der Waals surface area contributed by atoms with Crippen LogP contribution in [0.25, 0.3) is 0 Å². The molecular weight excluding hydrogens is 343 g/mol. The first-order valence-corrected chi connectivity index (χ1v) is 6.98. The first-order chi connectivity index (χ1) is 7.22. The number of nitrogens with zero attached hydrogens (tertiary/aromatic N) is 2. The van der Waals surface area contributed by atoms with Crippen LogP contribution < -0.4 is 4.90 Å². The highest BCUT2D eigenvalue weighted by atomic mass is 79.9. The lowest BCUT2D eigenvalue weighted by Crippen LogP contribution is -2.31. The van der Waals surface area contributed by atoms with E-state index in [9.17, 15) is 0 Å². The van der Waals surface area contributed by atoms with E-state index in [1.807, 2.05) is 12.3 Å². The number of alkyl halides is 1. The minimum atomic E-state index is 0.427. The predicted molar refractivity (Wildman–Crippen MR) is 70.7 cm³/mol. The Hall–Kier alpha value is 0.200. The largest absolute Gasteiger partial charge is 0.352 e. The lowest BCUT2D eigenvalue weighted by atomic mass is 10.2. The Morgan fingerprint density at radius 2 is 2.33 bits per heavy atom. The second kappa shape index (κ2) is 5.02. The lowest BCUT2D eigenvalue weighted by molar-refractivity contribution is 0.732. The summed E-state index contributed by atoms with van der Waals surface area (Å²) >= 11 is 12.9. The molecule has 82 valence electrons. The van der Waals surface area contributed by atoms with E-state index in [0.717, 1.165) is 27.7 Å². The van der Waals surface area contributed by atoms with E-state index in [4.69, 9.17) is 11.6 Å². The average molecular weight is 354 g/mol. The van der Waals surface area contributed by atoms with Crippen LogP contribution in [-0.4, -0.2) is 23.5 Å². The molecule has 2 rings (SSSR count). The Bertz CT molecular complexity index is 359. The Morgan fingerprint density at radius 1 is 1.53 bits per heavy atom. The van der Waals surface area contributed by atoms with E-state index < -0.39 is 0 Å². The highest BCUT2D eigenvalue weighted by molar-refractivity contribution is 9.11. The first kappa shape index (κ1) is 11.7. The van der Waals surface area contributed by atoms with Crippen molar-refractivity contribution in [3.63, 3.8) is 0 Å². The van der Waals surface area contributed by atoms with Gasteiger partial charge in [0.05, 0.1) is 4.47 Å². The molecule has 0 radical (unpaired) electrons. The molecule has 0 spiro atoms. The predicted octanol–water partition coefficient (Wildman–Crippen LogP) is 3.81. The van der Waals surface area contributed by atoms with Crippen molar-refractivity contribution >= 4 is 49.3 Å². The highest BCUT2D eigenvalue weighted by Crippen LogP contribution is 2.32.